The normalized spacial score (nSPS) is 14.8. The summed E-state index contributed by atoms with van der Waals surface area (Å²) in [4.78, 5) is 36.8. The van der Waals surface area contributed by atoms with E-state index in [1.54, 1.807) is 30.0 Å². The smallest absolute Gasteiger partial charge is 0.275 e. The highest BCUT2D eigenvalue weighted by Crippen LogP contribution is 2.21. The number of benzene rings is 1. The lowest BCUT2D eigenvalue weighted by Gasteiger charge is -2.35. The van der Waals surface area contributed by atoms with Gasteiger partial charge in [0, 0.05) is 38.8 Å². The van der Waals surface area contributed by atoms with Crippen LogP contribution in [0.5, 0.6) is 0 Å². The number of halogens is 2. The fraction of sp³-hybridized carbons (Fsp3) is 0.368. The quantitative estimate of drug-likeness (QED) is 0.662. The van der Waals surface area contributed by atoms with Crippen LogP contribution in [0.1, 0.15) is 16.4 Å². The summed E-state index contributed by atoms with van der Waals surface area (Å²) >= 11 is 0. The minimum absolute atomic E-state index is 0.166. The van der Waals surface area contributed by atoms with E-state index in [0.29, 0.717) is 48.7 Å². The predicted octanol–water partition coefficient (Wildman–Crippen LogP) is 1.92. The SMILES string of the molecule is Cc1nc(C(=O)N2CCN(c3ccc4c(=O)n(CC(F)F)cnc4c3)CC2)co1. The number of hydrogen-bond donors (Lipinski definition) is 0. The summed E-state index contributed by atoms with van der Waals surface area (Å²) in [5.74, 6) is 0.282. The Hall–Kier alpha value is -3.30. The van der Waals surface area contributed by atoms with Crippen molar-refractivity contribution in [2.45, 2.75) is 19.9 Å². The number of carbonyl (C=O) groups is 1. The number of rotatable bonds is 4. The third-order valence-electron chi connectivity index (χ3n) is 4.91. The van der Waals surface area contributed by atoms with Crippen LogP contribution in [0, 0.1) is 6.92 Å². The van der Waals surface area contributed by atoms with Crippen LogP contribution in [-0.4, -0.2) is 57.9 Å². The zero-order valence-corrected chi connectivity index (χ0v) is 15.7. The van der Waals surface area contributed by atoms with E-state index in [1.807, 2.05) is 0 Å². The molecule has 3 heterocycles. The maximum Gasteiger partial charge on any atom is 0.275 e. The molecule has 1 amide bonds. The minimum atomic E-state index is -2.62. The number of anilines is 1. The molecule has 152 valence electrons. The highest BCUT2D eigenvalue weighted by molar-refractivity contribution is 5.92. The zero-order valence-electron chi connectivity index (χ0n) is 15.7. The van der Waals surface area contributed by atoms with Gasteiger partial charge in [-0.05, 0) is 18.2 Å². The second kappa shape index (κ2) is 7.61. The zero-order chi connectivity index (χ0) is 20.5. The summed E-state index contributed by atoms with van der Waals surface area (Å²) in [6, 6.07) is 5.15. The average molecular weight is 403 g/mol. The van der Waals surface area contributed by atoms with Crippen molar-refractivity contribution in [1.82, 2.24) is 19.4 Å². The first-order valence-electron chi connectivity index (χ1n) is 9.16. The molecule has 1 aliphatic rings. The Bertz CT molecular complexity index is 1100. The van der Waals surface area contributed by atoms with Crippen molar-refractivity contribution in [3.8, 4) is 0 Å². The van der Waals surface area contributed by atoms with E-state index in [2.05, 4.69) is 14.9 Å². The molecular weight excluding hydrogens is 384 g/mol. The molecule has 0 spiro atoms. The first kappa shape index (κ1) is 19.0. The van der Waals surface area contributed by atoms with Crippen LogP contribution in [0.4, 0.5) is 14.5 Å². The highest BCUT2D eigenvalue weighted by Gasteiger charge is 2.24. The van der Waals surface area contributed by atoms with Crippen molar-refractivity contribution in [3.05, 3.63) is 52.7 Å². The molecule has 0 radical (unpaired) electrons. The number of piperazine rings is 1. The summed E-state index contributed by atoms with van der Waals surface area (Å²) in [5.41, 5.74) is 1.13. The molecule has 29 heavy (non-hydrogen) atoms. The Labute approximate surface area is 164 Å². The molecule has 1 saturated heterocycles. The lowest BCUT2D eigenvalue weighted by atomic mass is 10.2. The van der Waals surface area contributed by atoms with Crippen LogP contribution >= 0.6 is 0 Å². The van der Waals surface area contributed by atoms with Gasteiger partial charge in [0.15, 0.2) is 11.6 Å². The Morgan fingerprint density at radius 1 is 1.24 bits per heavy atom. The Kier molecular flexibility index (Phi) is 4.99. The first-order valence-corrected chi connectivity index (χ1v) is 9.16. The second-order valence-electron chi connectivity index (χ2n) is 6.83. The van der Waals surface area contributed by atoms with Crippen LogP contribution in [0.3, 0.4) is 0 Å². The molecule has 1 aliphatic heterocycles. The van der Waals surface area contributed by atoms with E-state index in [9.17, 15) is 18.4 Å². The lowest BCUT2D eigenvalue weighted by Crippen LogP contribution is -2.48. The van der Waals surface area contributed by atoms with Gasteiger partial charge in [0.1, 0.15) is 6.26 Å². The summed E-state index contributed by atoms with van der Waals surface area (Å²) in [7, 11) is 0. The standard InChI is InChI=1S/C19H19F2N5O3/c1-12-23-16(10-29-12)19(28)25-6-4-24(5-7-25)13-2-3-14-15(8-13)22-11-26(18(14)27)9-17(20)21/h2-3,8,10-11,17H,4-7,9H2,1H3. The van der Waals surface area contributed by atoms with Gasteiger partial charge in [-0.2, -0.15) is 0 Å². The van der Waals surface area contributed by atoms with Crippen LogP contribution in [0.15, 0.2) is 40.0 Å². The maximum atomic E-state index is 12.6. The number of aryl methyl sites for hydroxylation is 1. The molecule has 8 nitrogen and oxygen atoms in total. The molecule has 10 heteroatoms. The number of nitrogens with zero attached hydrogens (tertiary/aromatic N) is 5. The summed E-state index contributed by atoms with van der Waals surface area (Å²) in [6.07, 6.45) is -0.108. The number of amides is 1. The van der Waals surface area contributed by atoms with Gasteiger partial charge < -0.3 is 14.2 Å². The molecule has 0 aliphatic carbocycles. The van der Waals surface area contributed by atoms with Crippen LogP contribution in [0.2, 0.25) is 0 Å². The van der Waals surface area contributed by atoms with E-state index < -0.39 is 18.5 Å². The molecule has 0 bridgehead atoms. The van der Waals surface area contributed by atoms with E-state index in [1.165, 1.54) is 6.26 Å². The third-order valence-corrected chi connectivity index (χ3v) is 4.91. The summed E-state index contributed by atoms with van der Waals surface area (Å²) < 4.78 is 31.2. The molecule has 2 aromatic heterocycles. The highest BCUT2D eigenvalue weighted by atomic mass is 19.3. The monoisotopic (exact) mass is 403 g/mol. The van der Waals surface area contributed by atoms with Gasteiger partial charge in [0.2, 0.25) is 0 Å². The number of fused-ring (bicyclic) bond motifs is 1. The predicted molar refractivity (Wildman–Crippen MR) is 101 cm³/mol. The molecule has 0 unspecified atom stereocenters. The van der Waals surface area contributed by atoms with E-state index >= 15 is 0 Å². The molecule has 4 rings (SSSR count). The van der Waals surface area contributed by atoms with Crippen LogP contribution in [0.25, 0.3) is 10.9 Å². The van der Waals surface area contributed by atoms with Crippen molar-refractivity contribution in [2.24, 2.45) is 0 Å². The van der Waals surface area contributed by atoms with Crippen molar-refractivity contribution >= 4 is 22.5 Å². The van der Waals surface area contributed by atoms with Crippen LogP contribution < -0.4 is 10.5 Å². The second-order valence-corrected chi connectivity index (χ2v) is 6.83. The molecular formula is C19H19F2N5O3. The Balaban J connectivity index is 1.48. The van der Waals surface area contributed by atoms with Gasteiger partial charge in [-0.15, -0.1) is 0 Å². The molecule has 1 fully saturated rings. The minimum Gasteiger partial charge on any atom is -0.448 e. The van der Waals surface area contributed by atoms with E-state index in [4.69, 9.17) is 4.42 Å². The number of alkyl halides is 2. The molecule has 1 aromatic carbocycles. The number of hydrogen-bond acceptors (Lipinski definition) is 6. The number of aromatic nitrogens is 3. The van der Waals surface area contributed by atoms with E-state index in [0.717, 1.165) is 16.6 Å². The van der Waals surface area contributed by atoms with Crippen molar-refractivity contribution in [3.63, 3.8) is 0 Å². The van der Waals surface area contributed by atoms with Crippen molar-refractivity contribution in [2.75, 3.05) is 31.1 Å². The molecule has 0 atom stereocenters. The Morgan fingerprint density at radius 3 is 2.66 bits per heavy atom. The van der Waals surface area contributed by atoms with Crippen molar-refractivity contribution in [1.29, 1.82) is 0 Å². The fourth-order valence-corrected chi connectivity index (χ4v) is 3.41. The average Bonchev–Trinajstić information content (AvgIpc) is 3.15. The van der Waals surface area contributed by atoms with E-state index in [-0.39, 0.29) is 5.91 Å². The van der Waals surface area contributed by atoms with Gasteiger partial charge in [0.05, 0.1) is 23.8 Å². The number of carbonyl (C=O) groups excluding carboxylic acids is 1. The summed E-state index contributed by atoms with van der Waals surface area (Å²) in [5, 5.41) is 0.298. The van der Waals surface area contributed by atoms with Gasteiger partial charge in [-0.3, -0.25) is 14.2 Å². The topological polar surface area (TPSA) is 84.5 Å². The Morgan fingerprint density at radius 2 is 2.00 bits per heavy atom. The largest absolute Gasteiger partial charge is 0.448 e. The van der Waals surface area contributed by atoms with Crippen molar-refractivity contribution < 1.29 is 18.0 Å². The van der Waals surface area contributed by atoms with Crippen LogP contribution in [-0.2, 0) is 6.54 Å². The third kappa shape index (κ3) is 3.82. The maximum absolute atomic E-state index is 12.6. The van der Waals surface area contributed by atoms with Gasteiger partial charge >= 0.3 is 0 Å². The van der Waals surface area contributed by atoms with Gasteiger partial charge in [-0.25, -0.2) is 18.7 Å². The molecule has 3 aromatic rings. The lowest BCUT2D eigenvalue weighted by molar-refractivity contribution is 0.0740. The molecule has 0 N–H and O–H groups in total. The summed E-state index contributed by atoms with van der Waals surface area (Å²) in [6.45, 7) is 3.26. The number of oxazole rings is 1. The van der Waals surface area contributed by atoms with Gasteiger partial charge in [0.25, 0.3) is 17.9 Å². The fourth-order valence-electron chi connectivity index (χ4n) is 3.41. The van der Waals surface area contributed by atoms with Gasteiger partial charge in [-0.1, -0.05) is 0 Å². The first-order chi connectivity index (χ1) is 13.9. The molecule has 0 saturated carbocycles.